The molecular weight excluding hydrogens is 798 g/mol. The molecule has 230 valence electrons. The van der Waals surface area contributed by atoms with E-state index in [1.807, 2.05) is 31.2 Å². The van der Waals surface area contributed by atoms with Crippen LogP contribution >= 0.6 is 61.7 Å². The van der Waals surface area contributed by atoms with Crippen LogP contribution in [0.5, 0.6) is 17.2 Å². The van der Waals surface area contributed by atoms with Crippen LogP contribution in [0, 0.1) is 3.57 Å². The Morgan fingerprint density at radius 1 is 0.889 bits per heavy atom. The van der Waals surface area contributed by atoms with Crippen molar-refractivity contribution in [1.82, 2.24) is 5.32 Å². The third-order valence-electron chi connectivity index (χ3n) is 6.55. The highest BCUT2D eigenvalue weighted by Gasteiger charge is 2.37. The summed E-state index contributed by atoms with van der Waals surface area (Å²) in [5, 5.41) is 3.24. The molecule has 0 radical (unpaired) electrons. The second-order valence-electron chi connectivity index (χ2n) is 9.65. The van der Waals surface area contributed by atoms with Gasteiger partial charge in [0.2, 0.25) is 0 Å². The molecule has 1 aliphatic rings. The minimum absolute atomic E-state index is 0.165. The fourth-order valence-electron chi connectivity index (χ4n) is 4.36. The Kier molecular flexibility index (Phi) is 10.7. The van der Waals surface area contributed by atoms with Crippen molar-refractivity contribution in [2.24, 2.45) is 0 Å². The Bertz CT molecular complexity index is 1800. The lowest BCUT2D eigenvalue weighted by molar-refractivity contribution is -0.122. The predicted molar refractivity (Wildman–Crippen MR) is 185 cm³/mol. The van der Waals surface area contributed by atoms with Crippen molar-refractivity contribution >= 4 is 91.3 Å². The highest BCUT2D eigenvalue weighted by molar-refractivity contribution is 14.1. The maximum absolute atomic E-state index is 13.5. The molecule has 45 heavy (non-hydrogen) atoms. The number of carbonyl (C=O) groups excluding carboxylic acids is 3. The van der Waals surface area contributed by atoms with Crippen LogP contribution in [0.25, 0.3) is 6.08 Å². The maximum atomic E-state index is 13.5. The molecule has 0 bridgehead atoms. The van der Waals surface area contributed by atoms with E-state index in [1.54, 1.807) is 54.6 Å². The number of nitrogens with zero attached hydrogens (tertiary/aromatic N) is 1. The number of barbiturate groups is 1. The van der Waals surface area contributed by atoms with Crippen molar-refractivity contribution < 1.29 is 28.6 Å². The molecular formula is C33H24BrCl2IN2O6. The highest BCUT2D eigenvalue weighted by atomic mass is 127. The molecule has 1 aliphatic heterocycles. The summed E-state index contributed by atoms with van der Waals surface area (Å²) in [6.45, 7) is 2.69. The van der Waals surface area contributed by atoms with Crippen LogP contribution in [-0.2, 0) is 22.8 Å². The largest absolute Gasteiger partial charge is 0.490 e. The molecule has 4 aromatic carbocycles. The first-order valence-electron chi connectivity index (χ1n) is 13.5. The SMILES string of the molecule is CCOc1cc(/C=C2\C(=O)NC(=O)N(c3ccc(OCc4ccc(Br)cc4)cc3)C2=O)cc(I)c1OCc1ccc(Cl)cc1Cl. The summed E-state index contributed by atoms with van der Waals surface area (Å²) in [4.78, 5) is 40.0. The molecule has 0 spiro atoms. The molecule has 1 fully saturated rings. The number of nitrogens with one attached hydrogen (secondary N) is 1. The fraction of sp³-hybridized carbons (Fsp3) is 0.121. The Hall–Kier alpha value is -3.58. The summed E-state index contributed by atoms with van der Waals surface area (Å²) in [5.74, 6) is -0.127. The monoisotopic (exact) mass is 820 g/mol. The molecule has 1 N–H and O–H groups in total. The third-order valence-corrected chi connectivity index (χ3v) is 8.46. The van der Waals surface area contributed by atoms with Gasteiger partial charge in [0.1, 0.15) is 24.5 Å². The van der Waals surface area contributed by atoms with Crippen molar-refractivity contribution in [3.8, 4) is 17.2 Å². The Morgan fingerprint density at radius 2 is 1.62 bits per heavy atom. The first-order chi connectivity index (χ1) is 21.6. The lowest BCUT2D eigenvalue weighted by Gasteiger charge is -2.26. The van der Waals surface area contributed by atoms with Crippen molar-refractivity contribution in [2.45, 2.75) is 20.1 Å². The van der Waals surface area contributed by atoms with Gasteiger partial charge in [0.25, 0.3) is 11.8 Å². The average molecular weight is 822 g/mol. The van der Waals surface area contributed by atoms with Crippen molar-refractivity contribution in [3.63, 3.8) is 0 Å². The first-order valence-corrected chi connectivity index (χ1v) is 16.2. The number of anilines is 1. The number of halogens is 4. The molecule has 1 saturated heterocycles. The standard InChI is InChI=1S/C33H24BrCl2IN2O6/c1-2-43-29-15-20(14-28(37)30(29)45-18-21-5-8-23(35)16-27(21)36)13-26-31(40)38-33(42)39(32(26)41)24-9-11-25(12-10-24)44-17-19-3-6-22(34)7-4-19/h3-16H,2,17-18H2,1H3,(H,38,40,42)/b26-13+. The van der Waals surface area contributed by atoms with Gasteiger partial charge >= 0.3 is 6.03 Å². The second-order valence-corrected chi connectivity index (χ2v) is 12.6. The molecule has 0 aromatic heterocycles. The molecule has 0 unspecified atom stereocenters. The van der Waals surface area contributed by atoms with Gasteiger partial charge in [-0.2, -0.15) is 0 Å². The van der Waals surface area contributed by atoms with E-state index in [2.05, 4.69) is 43.8 Å². The number of ether oxygens (including phenoxy) is 3. The molecule has 5 rings (SSSR count). The Balaban J connectivity index is 1.35. The van der Waals surface area contributed by atoms with E-state index in [-0.39, 0.29) is 17.9 Å². The van der Waals surface area contributed by atoms with Gasteiger partial charge in [-0.25, -0.2) is 9.69 Å². The van der Waals surface area contributed by atoms with E-state index in [0.717, 1.165) is 20.5 Å². The summed E-state index contributed by atoms with van der Waals surface area (Å²) >= 11 is 17.8. The van der Waals surface area contributed by atoms with Gasteiger partial charge in [0, 0.05) is 20.1 Å². The van der Waals surface area contributed by atoms with Crippen molar-refractivity contribution in [2.75, 3.05) is 11.5 Å². The summed E-state index contributed by atoms with van der Waals surface area (Å²) < 4.78 is 19.4. The average Bonchev–Trinajstić information content (AvgIpc) is 3.00. The van der Waals surface area contributed by atoms with Gasteiger partial charge < -0.3 is 14.2 Å². The van der Waals surface area contributed by atoms with Crippen LogP contribution in [0.4, 0.5) is 10.5 Å². The van der Waals surface area contributed by atoms with Gasteiger partial charge in [-0.05, 0) is 107 Å². The lowest BCUT2D eigenvalue weighted by atomic mass is 10.1. The van der Waals surface area contributed by atoms with Gasteiger partial charge in [-0.15, -0.1) is 0 Å². The van der Waals surface area contributed by atoms with E-state index in [0.29, 0.717) is 49.6 Å². The Morgan fingerprint density at radius 3 is 2.31 bits per heavy atom. The molecule has 0 atom stereocenters. The van der Waals surface area contributed by atoms with Crippen LogP contribution in [0.15, 0.2) is 88.9 Å². The molecule has 0 saturated carbocycles. The number of imide groups is 2. The smallest absolute Gasteiger partial charge is 0.335 e. The van der Waals surface area contributed by atoms with Crippen molar-refractivity contribution in [3.05, 3.63) is 119 Å². The summed E-state index contributed by atoms with van der Waals surface area (Å²) in [5.41, 5.74) is 2.29. The zero-order chi connectivity index (χ0) is 32.1. The molecule has 4 amide bonds. The first kappa shape index (κ1) is 32.8. The van der Waals surface area contributed by atoms with Crippen LogP contribution in [0.1, 0.15) is 23.6 Å². The number of hydrogen-bond donors (Lipinski definition) is 1. The van der Waals surface area contributed by atoms with Gasteiger partial charge in [-0.1, -0.05) is 57.3 Å². The highest BCUT2D eigenvalue weighted by Crippen LogP contribution is 2.36. The number of urea groups is 1. The topological polar surface area (TPSA) is 94.2 Å². The molecule has 1 heterocycles. The minimum Gasteiger partial charge on any atom is -0.490 e. The third kappa shape index (κ3) is 7.99. The van der Waals surface area contributed by atoms with E-state index in [9.17, 15) is 14.4 Å². The van der Waals surface area contributed by atoms with Crippen LogP contribution in [0.2, 0.25) is 10.0 Å². The number of hydrogen-bond acceptors (Lipinski definition) is 6. The predicted octanol–water partition coefficient (Wildman–Crippen LogP) is 8.58. The summed E-state index contributed by atoms with van der Waals surface area (Å²) in [6.07, 6.45) is 1.41. The van der Waals surface area contributed by atoms with E-state index < -0.39 is 17.8 Å². The fourth-order valence-corrected chi connectivity index (χ4v) is 5.87. The van der Waals surface area contributed by atoms with E-state index >= 15 is 0 Å². The van der Waals surface area contributed by atoms with Gasteiger partial charge in [0.15, 0.2) is 11.5 Å². The van der Waals surface area contributed by atoms with E-state index in [1.165, 1.54) is 6.08 Å². The summed E-state index contributed by atoms with van der Waals surface area (Å²) in [6, 6.07) is 21.9. The van der Waals surface area contributed by atoms with Crippen LogP contribution in [0.3, 0.4) is 0 Å². The van der Waals surface area contributed by atoms with Gasteiger partial charge in [0.05, 0.1) is 15.9 Å². The molecule has 12 heteroatoms. The number of benzene rings is 4. The zero-order valence-corrected chi connectivity index (χ0v) is 28.9. The quantitative estimate of drug-likeness (QED) is 0.0980. The van der Waals surface area contributed by atoms with Crippen molar-refractivity contribution in [1.29, 1.82) is 0 Å². The van der Waals surface area contributed by atoms with Crippen LogP contribution in [-0.4, -0.2) is 24.5 Å². The van der Waals surface area contributed by atoms with E-state index in [4.69, 9.17) is 37.4 Å². The second kappa shape index (κ2) is 14.7. The minimum atomic E-state index is -0.847. The number of carbonyl (C=O) groups is 3. The number of rotatable bonds is 10. The number of amides is 4. The van der Waals surface area contributed by atoms with Crippen LogP contribution < -0.4 is 24.4 Å². The zero-order valence-electron chi connectivity index (χ0n) is 23.6. The van der Waals surface area contributed by atoms with Gasteiger partial charge in [-0.3, -0.25) is 14.9 Å². The molecule has 0 aliphatic carbocycles. The molecule has 8 nitrogen and oxygen atoms in total. The summed E-state index contributed by atoms with van der Waals surface area (Å²) in [7, 11) is 0. The maximum Gasteiger partial charge on any atom is 0.335 e. The molecule has 4 aromatic rings. The lowest BCUT2D eigenvalue weighted by Crippen LogP contribution is -2.54. The normalized spacial score (nSPS) is 14.0. The Labute approximate surface area is 291 Å².